The molecule has 2 N–H and O–H groups in total. The molecule has 1 spiro atoms. The second-order valence-electron chi connectivity index (χ2n) is 8.00. The first kappa shape index (κ1) is 21.8. The van der Waals surface area contributed by atoms with E-state index in [4.69, 9.17) is 0 Å². The van der Waals surface area contributed by atoms with E-state index in [2.05, 4.69) is 32.4 Å². The average Bonchev–Trinajstić information content (AvgIpc) is 3.13. The number of carbonyl (C=O) groups is 2. The third-order valence-electron chi connectivity index (χ3n) is 6.06. The summed E-state index contributed by atoms with van der Waals surface area (Å²) in [7, 11) is 0. The minimum Gasteiger partial charge on any atom is -0.352 e. The molecule has 4 rings (SSSR count). The first-order valence-electron chi connectivity index (χ1n) is 9.94. The highest BCUT2D eigenvalue weighted by molar-refractivity contribution is 7.07. The molecule has 1 atom stereocenters. The van der Waals surface area contributed by atoms with Gasteiger partial charge in [0.1, 0.15) is 0 Å². The number of piperidine rings is 1. The van der Waals surface area contributed by atoms with Crippen LogP contribution in [-0.2, 0) is 17.9 Å². The van der Waals surface area contributed by atoms with E-state index in [1.165, 1.54) is 12.5 Å². The van der Waals surface area contributed by atoms with E-state index in [-0.39, 0.29) is 24.2 Å². The van der Waals surface area contributed by atoms with Crippen molar-refractivity contribution in [3.05, 3.63) is 57.8 Å². The molecular formula is C22H28ClN3O2S. The smallest absolute Gasteiger partial charge is 0.254 e. The van der Waals surface area contributed by atoms with Crippen LogP contribution in [0.15, 0.2) is 41.1 Å². The van der Waals surface area contributed by atoms with E-state index in [9.17, 15) is 9.59 Å². The summed E-state index contributed by atoms with van der Waals surface area (Å²) in [6.07, 6.45) is 3.42. The highest BCUT2D eigenvalue weighted by Crippen LogP contribution is 2.56. The van der Waals surface area contributed by atoms with E-state index in [0.29, 0.717) is 24.5 Å². The Labute approximate surface area is 182 Å². The van der Waals surface area contributed by atoms with Crippen LogP contribution in [0.5, 0.6) is 0 Å². The summed E-state index contributed by atoms with van der Waals surface area (Å²) in [6, 6.07) is 10.1. The second-order valence-corrected chi connectivity index (χ2v) is 8.78. The normalized spacial score (nSPS) is 19.3. The van der Waals surface area contributed by atoms with Crippen LogP contribution in [0.25, 0.3) is 0 Å². The summed E-state index contributed by atoms with van der Waals surface area (Å²) in [5.41, 5.74) is 3.23. The van der Waals surface area contributed by atoms with E-state index in [0.717, 1.165) is 43.5 Å². The van der Waals surface area contributed by atoms with Gasteiger partial charge in [0.25, 0.3) is 5.91 Å². The lowest BCUT2D eigenvalue weighted by atomic mass is 9.93. The average molecular weight is 434 g/mol. The maximum Gasteiger partial charge on any atom is 0.254 e. The zero-order valence-electron chi connectivity index (χ0n) is 16.6. The quantitative estimate of drug-likeness (QED) is 0.731. The van der Waals surface area contributed by atoms with Gasteiger partial charge < -0.3 is 15.5 Å². The molecule has 1 aromatic heterocycles. The van der Waals surface area contributed by atoms with Gasteiger partial charge in [-0.25, -0.2) is 0 Å². The first-order chi connectivity index (χ1) is 13.6. The van der Waals surface area contributed by atoms with Gasteiger partial charge in [0, 0.05) is 31.6 Å². The number of nitrogens with one attached hydrogen (secondary N) is 2. The van der Waals surface area contributed by atoms with Crippen LogP contribution in [0, 0.1) is 5.41 Å². The molecule has 1 aliphatic heterocycles. The molecule has 2 aliphatic rings. The van der Waals surface area contributed by atoms with Gasteiger partial charge in [0.05, 0.1) is 0 Å². The third kappa shape index (κ3) is 5.00. The lowest BCUT2D eigenvalue weighted by molar-refractivity contribution is -0.119. The molecule has 7 heteroatoms. The van der Waals surface area contributed by atoms with Crippen molar-refractivity contribution in [2.75, 3.05) is 13.1 Å². The summed E-state index contributed by atoms with van der Waals surface area (Å²) in [4.78, 5) is 26.6. The van der Waals surface area contributed by atoms with Crippen molar-refractivity contribution < 1.29 is 9.59 Å². The molecule has 2 fully saturated rings. The van der Waals surface area contributed by atoms with Gasteiger partial charge in [0.15, 0.2) is 0 Å². The van der Waals surface area contributed by atoms with Crippen LogP contribution >= 0.6 is 23.7 Å². The van der Waals surface area contributed by atoms with Crippen LogP contribution in [0.1, 0.15) is 47.7 Å². The summed E-state index contributed by atoms with van der Waals surface area (Å²) in [6.45, 7) is 4.77. The number of benzene rings is 1. The number of carbonyl (C=O) groups excluding carboxylic acids is 2. The third-order valence-corrected chi connectivity index (χ3v) is 6.79. The van der Waals surface area contributed by atoms with Gasteiger partial charge in [0.2, 0.25) is 5.91 Å². The van der Waals surface area contributed by atoms with Gasteiger partial charge in [-0.1, -0.05) is 12.1 Å². The zero-order chi connectivity index (χ0) is 19.6. The van der Waals surface area contributed by atoms with Crippen molar-refractivity contribution in [3.63, 3.8) is 0 Å². The van der Waals surface area contributed by atoms with Gasteiger partial charge in [-0.15, -0.1) is 12.4 Å². The number of thiophene rings is 1. The molecule has 0 bridgehead atoms. The predicted octanol–water partition coefficient (Wildman–Crippen LogP) is 3.59. The lowest BCUT2D eigenvalue weighted by Gasteiger charge is -2.29. The Bertz CT molecular complexity index is 832. The van der Waals surface area contributed by atoms with Crippen LogP contribution in [0.2, 0.25) is 0 Å². The maximum atomic E-state index is 13.4. The number of hydrogen-bond acceptors (Lipinski definition) is 4. The highest BCUT2D eigenvalue weighted by Gasteiger charge is 2.57. The summed E-state index contributed by atoms with van der Waals surface area (Å²) < 4.78 is 0. The molecule has 2 amide bonds. The fourth-order valence-electron chi connectivity index (χ4n) is 4.29. The lowest BCUT2D eigenvalue weighted by Crippen LogP contribution is -2.39. The molecule has 29 heavy (non-hydrogen) atoms. The van der Waals surface area contributed by atoms with Gasteiger partial charge >= 0.3 is 0 Å². The zero-order valence-corrected chi connectivity index (χ0v) is 18.3. The monoisotopic (exact) mass is 433 g/mol. The molecule has 5 nitrogen and oxygen atoms in total. The highest BCUT2D eigenvalue weighted by atomic mass is 35.5. The van der Waals surface area contributed by atoms with Gasteiger partial charge in [-0.2, -0.15) is 11.3 Å². The summed E-state index contributed by atoms with van der Waals surface area (Å²) >= 11 is 1.68. The molecule has 1 saturated carbocycles. The molecular weight excluding hydrogens is 406 g/mol. The predicted molar refractivity (Wildman–Crippen MR) is 118 cm³/mol. The van der Waals surface area contributed by atoms with E-state index >= 15 is 0 Å². The minimum absolute atomic E-state index is 0. The SMILES string of the molecule is CC(=O)NCc1ccc(C(=O)N(Cc2ccsc2)C2CC23CCNCC3)cc1.Cl. The van der Waals surface area contributed by atoms with Crippen LogP contribution in [0.4, 0.5) is 0 Å². The molecule has 2 aromatic rings. The number of rotatable bonds is 6. The van der Waals surface area contributed by atoms with Crippen LogP contribution in [0.3, 0.4) is 0 Å². The Hall–Kier alpha value is -1.89. The maximum absolute atomic E-state index is 13.4. The van der Waals surface area contributed by atoms with Gasteiger partial charge in [-0.3, -0.25) is 9.59 Å². The molecule has 1 saturated heterocycles. The molecule has 1 unspecified atom stereocenters. The van der Waals surface area contributed by atoms with E-state index < -0.39 is 0 Å². The summed E-state index contributed by atoms with van der Waals surface area (Å²) in [5, 5.41) is 10.4. The number of nitrogens with zero attached hydrogens (tertiary/aromatic N) is 1. The Morgan fingerprint density at radius 3 is 2.52 bits per heavy atom. The van der Waals surface area contributed by atoms with Crippen LogP contribution < -0.4 is 10.6 Å². The van der Waals surface area contributed by atoms with Crippen molar-refractivity contribution >= 4 is 35.6 Å². The van der Waals surface area contributed by atoms with Crippen molar-refractivity contribution in [1.29, 1.82) is 0 Å². The van der Waals surface area contributed by atoms with Crippen LogP contribution in [-0.4, -0.2) is 35.8 Å². The van der Waals surface area contributed by atoms with Crippen molar-refractivity contribution in [3.8, 4) is 0 Å². The van der Waals surface area contributed by atoms with Crippen molar-refractivity contribution in [2.45, 2.75) is 45.3 Å². The van der Waals surface area contributed by atoms with E-state index in [1.54, 1.807) is 11.3 Å². The number of halogens is 1. The number of amides is 2. The number of hydrogen-bond donors (Lipinski definition) is 2. The van der Waals surface area contributed by atoms with Crippen molar-refractivity contribution in [2.24, 2.45) is 5.41 Å². The fourth-order valence-corrected chi connectivity index (χ4v) is 4.95. The largest absolute Gasteiger partial charge is 0.352 e. The Morgan fingerprint density at radius 2 is 1.90 bits per heavy atom. The molecule has 1 aliphatic carbocycles. The Morgan fingerprint density at radius 1 is 1.17 bits per heavy atom. The standard InChI is InChI=1S/C22H27N3O2S.ClH/c1-16(26)24-13-17-2-4-19(5-3-17)21(27)25(14-18-6-11-28-15-18)20-12-22(20)7-9-23-10-8-22;/h2-6,11,15,20,23H,7-10,12-14H2,1H3,(H,24,26);1H. The molecule has 156 valence electrons. The topological polar surface area (TPSA) is 61.4 Å². The van der Waals surface area contributed by atoms with Crippen molar-refractivity contribution in [1.82, 2.24) is 15.5 Å². The Balaban J connectivity index is 0.00000240. The molecule has 2 heterocycles. The Kier molecular flexibility index (Phi) is 6.98. The molecule has 0 radical (unpaired) electrons. The minimum atomic E-state index is -0.0527. The van der Waals surface area contributed by atoms with Gasteiger partial charge in [-0.05, 0) is 77.9 Å². The molecule has 1 aromatic carbocycles. The van der Waals surface area contributed by atoms with E-state index in [1.807, 2.05) is 24.3 Å². The second kappa shape index (κ2) is 9.28. The summed E-state index contributed by atoms with van der Waals surface area (Å²) in [5.74, 6) is 0.0563. The fraction of sp³-hybridized carbons (Fsp3) is 0.455. The first-order valence-corrected chi connectivity index (χ1v) is 10.9.